The van der Waals surface area contributed by atoms with E-state index in [2.05, 4.69) is 13.8 Å². The summed E-state index contributed by atoms with van der Waals surface area (Å²) in [5.41, 5.74) is 6.30. The Labute approximate surface area is 107 Å². The second kappa shape index (κ2) is 6.96. The summed E-state index contributed by atoms with van der Waals surface area (Å²) in [4.78, 5) is 10.2. The summed E-state index contributed by atoms with van der Waals surface area (Å²) in [6, 6.07) is 4.54. The van der Waals surface area contributed by atoms with E-state index in [0.717, 1.165) is 12.8 Å². The molecule has 1 atom stereocenters. The van der Waals surface area contributed by atoms with Crippen molar-refractivity contribution in [3.63, 3.8) is 0 Å². The number of hydrogen-bond acceptors (Lipinski definition) is 4. The highest BCUT2D eigenvalue weighted by atomic mass is 16.6. The Hall–Kier alpha value is -1.62. The molecular formula is C13H20N2O3. The average Bonchev–Trinajstić information content (AvgIpc) is 2.36. The highest BCUT2D eigenvalue weighted by Gasteiger charge is 2.11. The van der Waals surface area contributed by atoms with Gasteiger partial charge in [-0.2, -0.15) is 0 Å². The molecule has 0 aliphatic heterocycles. The Bertz CT molecular complexity index is 407. The molecule has 100 valence electrons. The van der Waals surface area contributed by atoms with Crippen LogP contribution >= 0.6 is 0 Å². The van der Waals surface area contributed by atoms with Crippen molar-refractivity contribution in [3.8, 4) is 5.75 Å². The minimum absolute atomic E-state index is 0.0457. The van der Waals surface area contributed by atoms with Gasteiger partial charge in [-0.05, 0) is 18.4 Å². The maximum Gasteiger partial charge on any atom is 0.270 e. The molecule has 0 aromatic heterocycles. The lowest BCUT2D eigenvalue weighted by molar-refractivity contribution is -0.384. The van der Waals surface area contributed by atoms with Crippen LogP contribution in [0.2, 0.25) is 0 Å². The van der Waals surface area contributed by atoms with Crippen molar-refractivity contribution in [1.82, 2.24) is 0 Å². The Morgan fingerprint density at radius 3 is 2.78 bits per heavy atom. The number of nitro benzene ring substituents is 1. The molecule has 18 heavy (non-hydrogen) atoms. The third kappa shape index (κ3) is 4.00. The molecule has 5 nitrogen and oxygen atoms in total. The van der Waals surface area contributed by atoms with Crippen LogP contribution in [0.4, 0.5) is 5.69 Å². The molecule has 0 radical (unpaired) electrons. The molecule has 2 N–H and O–H groups in total. The van der Waals surface area contributed by atoms with Gasteiger partial charge >= 0.3 is 0 Å². The van der Waals surface area contributed by atoms with E-state index in [9.17, 15) is 10.1 Å². The lowest BCUT2D eigenvalue weighted by atomic mass is 10.1. The number of non-ortho nitro benzene ring substituents is 1. The van der Waals surface area contributed by atoms with Gasteiger partial charge in [0.25, 0.3) is 5.69 Å². The first kappa shape index (κ1) is 14.4. The van der Waals surface area contributed by atoms with E-state index in [1.807, 2.05) is 0 Å². The van der Waals surface area contributed by atoms with Gasteiger partial charge in [0.15, 0.2) is 0 Å². The van der Waals surface area contributed by atoms with Crippen LogP contribution in [0.5, 0.6) is 5.75 Å². The van der Waals surface area contributed by atoms with Gasteiger partial charge < -0.3 is 10.5 Å². The number of nitrogens with two attached hydrogens (primary N) is 1. The Morgan fingerprint density at radius 2 is 2.22 bits per heavy atom. The SMILES string of the molecule is CCCC(C)COc1ccc([N+](=O)[O-])cc1CN. The predicted octanol–water partition coefficient (Wildman–Crippen LogP) is 2.87. The summed E-state index contributed by atoms with van der Waals surface area (Å²) in [6.45, 7) is 5.10. The molecule has 1 rings (SSSR count). The first-order valence-electron chi connectivity index (χ1n) is 6.18. The van der Waals surface area contributed by atoms with E-state index >= 15 is 0 Å². The number of ether oxygens (including phenoxy) is 1. The largest absolute Gasteiger partial charge is 0.493 e. The molecule has 0 fully saturated rings. The summed E-state index contributed by atoms with van der Waals surface area (Å²) in [7, 11) is 0. The Balaban J connectivity index is 2.73. The summed E-state index contributed by atoms with van der Waals surface area (Å²) in [5.74, 6) is 1.11. The van der Waals surface area contributed by atoms with E-state index in [0.29, 0.717) is 23.8 Å². The summed E-state index contributed by atoms with van der Waals surface area (Å²) in [5, 5.41) is 10.7. The van der Waals surface area contributed by atoms with Gasteiger partial charge in [-0.3, -0.25) is 10.1 Å². The molecule has 1 aromatic rings. The molecule has 0 saturated carbocycles. The van der Waals surface area contributed by atoms with Gasteiger partial charge in [0.05, 0.1) is 11.5 Å². The summed E-state index contributed by atoms with van der Waals surface area (Å²) < 4.78 is 5.67. The van der Waals surface area contributed by atoms with Crippen LogP contribution in [0.15, 0.2) is 18.2 Å². The highest BCUT2D eigenvalue weighted by Crippen LogP contribution is 2.24. The van der Waals surface area contributed by atoms with Crippen LogP contribution in [0.3, 0.4) is 0 Å². The molecule has 5 heteroatoms. The lowest BCUT2D eigenvalue weighted by Gasteiger charge is -2.14. The molecular weight excluding hydrogens is 232 g/mol. The van der Waals surface area contributed by atoms with Crippen molar-refractivity contribution >= 4 is 5.69 Å². The average molecular weight is 252 g/mol. The first-order chi connectivity index (χ1) is 8.58. The van der Waals surface area contributed by atoms with Gasteiger partial charge in [-0.1, -0.05) is 20.3 Å². The van der Waals surface area contributed by atoms with E-state index < -0.39 is 4.92 Å². The fraction of sp³-hybridized carbons (Fsp3) is 0.538. The Morgan fingerprint density at radius 1 is 1.50 bits per heavy atom. The first-order valence-corrected chi connectivity index (χ1v) is 6.18. The Kier molecular flexibility index (Phi) is 5.58. The van der Waals surface area contributed by atoms with Crippen LogP contribution in [-0.2, 0) is 6.54 Å². The van der Waals surface area contributed by atoms with Crippen molar-refractivity contribution in [2.45, 2.75) is 33.2 Å². The fourth-order valence-corrected chi connectivity index (χ4v) is 1.79. The van der Waals surface area contributed by atoms with Gasteiger partial charge in [-0.15, -0.1) is 0 Å². The molecule has 0 aliphatic carbocycles. The molecule has 0 spiro atoms. The zero-order valence-electron chi connectivity index (χ0n) is 10.9. The number of nitrogens with zero attached hydrogens (tertiary/aromatic N) is 1. The van der Waals surface area contributed by atoms with E-state index in [1.54, 1.807) is 6.07 Å². The third-order valence-corrected chi connectivity index (χ3v) is 2.78. The van der Waals surface area contributed by atoms with Crippen molar-refractivity contribution in [2.24, 2.45) is 11.7 Å². The molecule has 0 amide bonds. The minimum Gasteiger partial charge on any atom is -0.493 e. The van der Waals surface area contributed by atoms with Crippen molar-refractivity contribution in [2.75, 3.05) is 6.61 Å². The second-order valence-electron chi connectivity index (χ2n) is 4.46. The quantitative estimate of drug-likeness (QED) is 0.597. The highest BCUT2D eigenvalue weighted by molar-refractivity contribution is 5.43. The van der Waals surface area contributed by atoms with E-state index in [1.165, 1.54) is 12.1 Å². The number of nitro groups is 1. The molecule has 0 saturated heterocycles. The van der Waals surface area contributed by atoms with Crippen LogP contribution in [-0.4, -0.2) is 11.5 Å². The maximum absolute atomic E-state index is 10.7. The van der Waals surface area contributed by atoms with Gasteiger partial charge in [0.1, 0.15) is 5.75 Å². The topological polar surface area (TPSA) is 78.4 Å². The zero-order chi connectivity index (χ0) is 13.5. The standard InChI is InChI=1S/C13H20N2O3/c1-3-4-10(2)9-18-13-6-5-12(15(16)17)7-11(13)8-14/h5-7,10H,3-4,8-9,14H2,1-2H3. The normalized spacial score (nSPS) is 12.2. The third-order valence-electron chi connectivity index (χ3n) is 2.78. The molecule has 1 unspecified atom stereocenters. The van der Waals surface area contributed by atoms with Gasteiger partial charge in [-0.25, -0.2) is 0 Å². The van der Waals surface area contributed by atoms with Crippen LogP contribution in [0, 0.1) is 16.0 Å². The number of benzene rings is 1. The molecule has 0 bridgehead atoms. The van der Waals surface area contributed by atoms with Crippen LogP contribution in [0.25, 0.3) is 0 Å². The van der Waals surface area contributed by atoms with E-state index in [4.69, 9.17) is 10.5 Å². The van der Waals surface area contributed by atoms with Gasteiger partial charge in [0.2, 0.25) is 0 Å². The second-order valence-corrected chi connectivity index (χ2v) is 4.46. The monoisotopic (exact) mass is 252 g/mol. The maximum atomic E-state index is 10.7. The molecule has 0 heterocycles. The van der Waals surface area contributed by atoms with Crippen LogP contribution < -0.4 is 10.5 Å². The van der Waals surface area contributed by atoms with Crippen molar-refractivity contribution in [1.29, 1.82) is 0 Å². The smallest absolute Gasteiger partial charge is 0.270 e. The van der Waals surface area contributed by atoms with Crippen molar-refractivity contribution < 1.29 is 9.66 Å². The summed E-state index contributed by atoms with van der Waals surface area (Å²) in [6.07, 6.45) is 2.22. The van der Waals surface area contributed by atoms with E-state index in [-0.39, 0.29) is 12.2 Å². The lowest BCUT2D eigenvalue weighted by Crippen LogP contribution is -2.10. The predicted molar refractivity (Wildman–Crippen MR) is 70.6 cm³/mol. The molecule has 1 aromatic carbocycles. The van der Waals surface area contributed by atoms with Crippen LogP contribution in [0.1, 0.15) is 32.3 Å². The number of rotatable bonds is 7. The number of hydrogen-bond donors (Lipinski definition) is 1. The minimum atomic E-state index is -0.428. The van der Waals surface area contributed by atoms with Gasteiger partial charge in [0, 0.05) is 24.2 Å². The fourth-order valence-electron chi connectivity index (χ4n) is 1.79. The molecule has 0 aliphatic rings. The van der Waals surface area contributed by atoms with Crippen molar-refractivity contribution in [3.05, 3.63) is 33.9 Å². The summed E-state index contributed by atoms with van der Waals surface area (Å²) >= 11 is 0. The zero-order valence-corrected chi connectivity index (χ0v) is 10.9.